The minimum atomic E-state index is 0. The predicted molar refractivity (Wildman–Crippen MR) is 107 cm³/mol. The molecular weight excluding hydrogens is 394 g/mol. The van der Waals surface area contributed by atoms with Crippen LogP contribution in [0.2, 0.25) is 0 Å². The molecule has 0 atom stereocenters. The maximum absolute atomic E-state index is 10.2. The van der Waals surface area contributed by atoms with Crippen LogP contribution in [-0.2, 0) is 41.9 Å². The molecule has 0 fully saturated rings. The van der Waals surface area contributed by atoms with Crippen LogP contribution < -0.4 is 5.73 Å². The number of hydrogen-bond donors (Lipinski definition) is 1. The Kier molecular flexibility index (Phi) is 102. The summed E-state index contributed by atoms with van der Waals surface area (Å²) < 4.78 is 3.96. The van der Waals surface area contributed by atoms with Gasteiger partial charge in [0.15, 0.2) is 5.78 Å². The average molecular weight is 430 g/mol. The van der Waals surface area contributed by atoms with Crippen molar-refractivity contribution in [1.82, 2.24) is 4.37 Å². The van der Waals surface area contributed by atoms with Crippen molar-refractivity contribution in [2.75, 3.05) is 0 Å². The fourth-order valence-electron chi connectivity index (χ4n) is 0.465. The monoisotopic (exact) mass is 430 g/mol. The van der Waals surface area contributed by atoms with E-state index in [1.54, 1.807) is 18.5 Å². The normalized spacial score (nSPS) is 6.25. The largest absolute Gasteiger partial charge is 0.404 e. The predicted octanol–water partition coefficient (Wildman–Crippen LogP) is 5.24. The summed E-state index contributed by atoms with van der Waals surface area (Å²) in [6.07, 6.45) is 19.2. The number of terminal acetylenes is 2. The fourth-order valence-corrected chi connectivity index (χ4v) is 1.03. The Labute approximate surface area is 180 Å². The van der Waals surface area contributed by atoms with Crippen LogP contribution in [-0.4, -0.2) is 10.2 Å². The molecule has 1 aromatic heterocycles. The van der Waals surface area contributed by atoms with Gasteiger partial charge in [0.05, 0.1) is 0 Å². The first-order valence-corrected chi connectivity index (χ1v) is 5.70. The van der Waals surface area contributed by atoms with E-state index in [-0.39, 0.29) is 72.6 Å². The molecule has 0 aromatic carbocycles. The molecule has 0 aliphatic heterocycles. The summed E-state index contributed by atoms with van der Waals surface area (Å²) in [6.45, 7) is 7.31. The Morgan fingerprint density at radius 2 is 1.38 bits per heavy atom. The van der Waals surface area contributed by atoms with Gasteiger partial charge in [-0.2, -0.15) is 0 Å². The molecule has 0 aliphatic rings. The third kappa shape index (κ3) is 37.4. The molecule has 6 heteroatoms. The number of nitrogens with zero attached hydrogens (tertiary/aromatic N) is 1. The first kappa shape index (κ1) is 56.7. The molecule has 0 bridgehead atoms. The van der Waals surface area contributed by atoms with Crippen LogP contribution in [0.1, 0.15) is 54.0 Å². The molecule has 0 saturated heterocycles. The van der Waals surface area contributed by atoms with Crippen molar-refractivity contribution in [2.45, 2.75) is 57.4 Å². The van der Waals surface area contributed by atoms with Gasteiger partial charge >= 0.3 is 0 Å². The molecule has 0 amide bonds. The number of allylic oxidation sites excluding steroid dienone is 1. The fraction of sp³-hybridized carbons (Fsp3) is 0.444. The summed E-state index contributed by atoms with van der Waals surface area (Å²) in [4.78, 5) is 11.5. The first-order chi connectivity index (χ1) is 8.49. The van der Waals surface area contributed by atoms with E-state index in [2.05, 4.69) is 43.9 Å². The van der Waals surface area contributed by atoms with Crippen LogP contribution in [0.4, 0.5) is 0 Å². The number of hydrogen-bond acceptors (Lipinski definition) is 4. The second-order valence-electron chi connectivity index (χ2n) is 2.97. The van der Waals surface area contributed by atoms with Crippen LogP contribution in [0.3, 0.4) is 0 Å². The number of carbonyl (C=O) groups excluding carboxylic acids is 1. The Morgan fingerprint density at radius 3 is 1.42 bits per heavy atom. The van der Waals surface area contributed by atoms with Crippen molar-refractivity contribution >= 4 is 17.3 Å². The number of aryl methyl sites for hydroxylation is 2. The Hall–Kier alpha value is -0.871. The van der Waals surface area contributed by atoms with Gasteiger partial charge in [0.25, 0.3) is 0 Å². The summed E-state index contributed by atoms with van der Waals surface area (Å²) in [5.41, 5.74) is 6.90. The Balaban J connectivity index is -0.0000000183. The zero-order valence-electron chi connectivity index (χ0n) is 12.2. The summed E-state index contributed by atoms with van der Waals surface area (Å²) in [5, 5.41) is 0. The topological polar surface area (TPSA) is 56.0 Å². The van der Waals surface area contributed by atoms with Crippen molar-refractivity contribution in [3.05, 3.63) is 28.4 Å². The second-order valence-corrected chi connectivity index (χ2v) is 3.98. The van der Waals surface area contributed by atoms with Gasteiger partial charge < -0.3 is 5.73 Å². The van der Waals surface area contributed by atoms with Gasteiger partial charge in [-0.15, -0.1) is 25.7 Å². The van der Waals surface area contributed by atoms with Gasteiger partial charge in [-0.05, 0) is 44.8 Å². The zero-order chi connectivity index (χ0) is 15.1. The molecule has 0 saturated carbocycles. The van der Waals surface area contributed by atoms with Gasteiger partial charge in [-0.25, -0.2) is 4.37 Å². The van der Waals surface area contributed by atoms with Gasteiger partial charge in [0.1, 0.15) is 0 Å². The molecule has 24 heavy (non-hydrogen) atoms. The van der Waals surface area contributed by atoms with Crippen LogP contribution in [0.5, 0.6) is 0 Å². The van der Waals surface area contributed by atoms with Crippen molar-refractivity contribution < 1.29 is 41.9 Å². The maximum atomic E-state index is 10.2. The molecule has 1 aromatic rings. The van der Waals surface area contributed by atoms with Gasteiger partial charge in [0.2, 0.25) is 0 Å². The van der Waals surface area contributed by atoms with Crippen LogP contribution in [0.15, 0.2) is 18.0 Å². The molecular formula is C18H36N2OSV2. The maximum Gasteiger partial charge on any atom is 0.156 e. The van der Waals surface area contributed by atoms with Crippen molar-refractivity contribution in [2.24, 2.45) is 5.73 Å². The first-order valence-electron chi connectivity index (χ1n) is 4.93. The third-order valence-corrected chi connectivity index (χ3v) is 2.60. The van der Waals surface area contributed by atoms with E-state index in [0.717, 1.165) is 0 Å². The van der Waals surface area contributed by atoms with E-state index < -0.39 is 0 Å². The standard InChI is InChI=1S/C5H9NO.C5H7NS.2C2H2.4CH4.2V/c1-4(3-6)5(2)7;1-4-3-6-7-5(4)2;2*1-2;;;;;;/h3H,6H2,1-2H3;3H,1-2H3;2*1-2H;4*1H4;;/b4-3-;;;;;;;;;. The van der Waals surface area contributed by atoms with E-state index >= 15 is 0 Å². The van der Waals surface area contributed by atoms with Crippen molar-refractivity contribution in [3.63, 3.8) is 0 Å². The number of carbonyl (C=O) groups is 1. The summed E-state index contributed by atoms with van der Waals surface area (Å²) in [6, 6.07) is 0. The minimum Gasteiger partial charge on any atom is -0.404 e. The van der Waals surface area contributed by atoms with Crippen LogP contribution in [0, 0.1) is 39.5 Å². The quantitative estimate of drug-likeness (QED) is 0.490. The van der Waals surface area contributed by atoms with Crippen molar-refractivity contribution in [1.29, 1.82) is 0 Å². The molecule has 2 N–H and O–H groups in total. The number of rotatable bonds is 1. The number of aromatic nitrogens is 1. The molecule has 3 nitrogen and oxygen atoms in total. The summed E-state index contributed by atoms with van der Waals surface area (Å²) in [7, 11) is 0. The zero-order valence-corrected chi connectivity index (χ0v) is 15.8. The number of Topliss-reactive ketones (excluding diaryl/α,β-unsaturated/α-hetero) is 1. The number of ketones is 1. The summed E-state index contributed by atoms with van der Waals surface area (Å²) >= 11 is 1.55. The summed E-state index contributed by atoms with van der Waals surface area (Å²) in [5.74, 6) is 0.0301. The molecule has 1 rings (SSSR count). The third-order valence-electron chi connectivity index (χ3n) is 1.80. The minimum absolute atomic E-state index is 0. The van der Waals surface area contributed by atoms with Gasteiger partial charge in [-0.3, -0.25) is 4.79 Å². The van der Waals surface area contributed by atoms with Crippen LogP contribution >= 0.6 is 11.5 Å². The number of nitrogens with two attached hydrogens (primary N) is 1. The second kappa shape index (κ2) is 43.2. The average Bonchev–Trinajstić information content (AvgIpc) is 2.78. The smallest absolute Gasteiger partial charge is 0.156 e. The van der Waals surface area contributed by atoms with E-state index in [1.807, 2.05) is 6.20 Å². The van der Waals surface area contributed by atoms with Gasteiger partial charge in [0, 0.05) is 60.0 Å². The SMILES string of the molecule is C.C.C.C.C#C.C#C.CC(=O)/C(C)=C\N.Cc1cnsc1C.[V].[V]. The molecule has 0 unspecified atom stereocenters. The molecule has 2 radical (unpaired) electrons. The van der Waals surface area contributed by atoms with E-state index in [0.29, 0.717) is 5.57 Å². The van der Waals surface area contributed by atoms with E-state index in [1.165, 1.54) is 23.6 Å². The van der Waals surface area contributed by atoms with E-state index in [9.17, 15) is 4.79 Å². The molecule has 0 spiro atoms. The van der Waals surface area contributed by atoms with Gasteiger partial charge in [-0.1, -0.05) is 29.7 Å². The molecule has 0 aliphatic carbocycles. The van der Waals surface area contributed by atoms with E-state index in [4.69, 9.17) is 5.73 Å². The van der Waals surface area contributed by atoms with Crippen molar-refractivity contribution in [3.8, 4) is 25.7 Å². The Morgan fingerprint density at radius 1 is 1.04 bits per heavy atom. The molecule has 140 valence electrons. The van der Waals surface area contributed by atoms with Crippen LogP contribution in [0.25, 0.3) is 0 Å². The Bertz CT molecular complexity index is 389. The molecule has 1 heterocycles.